The average Bonchev–Trinajstić information content (AvgIpc) is 3.55. The van der Waals surface area contributed by atoms with Crippen LogP contribution < -0.4 is 15.8 Å². The van der Waals surface area contributed by atoms with Crippen LogP contribution in [0.2, 0.25) is 0 Å². The molecule has 0 aliphatic rings. The Balaban J connectivity index is 1.34. The predicted octanol–water partition coefficient (Wildman–Crippen LogP) is 4.47. The molecule has 41 heavy (non-hydrogen) atoms. The van der Waals surface area contributed by atoms with Crippen LogP contribution in [-0.2, 0) is 16.6 Å². The van der Waals surface area contributed by atoms with Crippen LogP contribution in [0.15, 0.2) is 65.4 Å². The highest BCUT2D eigenvalue weighted by molar-refractivity contribution is 5.99. The molecule has 5 rings (SSSR count). The van der Waals surface area contributed by atoms with E-state index in [2.05, 4.69) is 25.3 Å². The summed E-state index contributed by atoms with van der Waals surface area (Å²) in [6.45, 7) is 7.52. The zero-order valence-corrected chi connectivity index (χ0v) is 23.9. The highest BCUT2D eigenvalue weighted by Crippen LogP contribution is 2.32. The summed E-state index contributed by atoms with van der Waals surface area (Å²) in [6.07, 6.45) is 1.54. The van der Waals surface area contributed by atoms with Gasteiger partial charge in [0, 0.05) is 29.3 Å². The van der Waals surface area contributed by atoms with Crippen molar-refractivity contribution in [3.8, 4) is 22.7 Å². The quantitative estimate of drug-likeness (QED) is 0.270. The number of aromatic nitrogens is 5. The first-order chi connectivity index (χ1) is 19.6. The number of rotatable bonds is 9. The van der Waals surface area contributed by atoms with Gasteiger partial charge < -0.3 is 25.2 Å². The summed E-state index contributed by atoms with van der Waals surface area (Å²) >= 11 is 0. The van der Waals surface area contributed by atoms with Crippen molar-refractivity contribution in [1.29, 1.82) is 0 Å². The SMILES string of the molecule is CN(C)CCOc1ccc(-c2nn(-c3ccc(NC(=O)Cc4cc(C(C)(C)C)on4)cc3)c3ncnc(N)c23)cc1. The van der Waals surface area contributed by atoms with Gasteiger partial charge in [-0.25, -0.2) is 14.6 Å². The van der Waals surface area contributed by atoms with Gasteiger partial charge in [0.1, 0.15) is 36.0 Å². The van der Waals surface area contributed by atoms with Crippen LogP contribution in [0.5, 0.6) is 5.75 Å². The Labute approximate surface area is 238 Å². The highest BCUT2D eigenvalue weighted by atomic mass is 16.5. The third-order valence-corrected chi connectivity index (χ3v) is 6.46. The van der Waals surface area contributed by atoms with Gasteiger partial charge >= 0.3 is 0 Å². The molecular formula is C30H34N8O3. The molecule has 11 nitrogen and oxygen atoms in total. The fourth-order valence-corrected chi connectivity index (χ4v) is 4.22. The van der Waals surface area contributed by atoms with Gasteiger partial charge in [-0.1, -0.05) is 25.9 Å². The van der Waals surface area contributed by atoms with Crippen LogP contribution in [-0.4, -0.2) is 63.0 Å². The van der Waals surface area contributed by atoms with E-state index in [9.17, 15) is 4.79 Å². The number of hydrogen-bond acceptors (Lipinski definition) is 9. The first-order valence-electron chi connectivity index (χ1n) is 13.3. The van der Waals surface area contributed by atoms with Crippen molar-refractivity contribution in [3.63, 3.8) is 0 Å². The van der Waals surface area contributed by atoms with E-state index in [4.69, 9.17) is 20.1 Å². The zero-order chi connectivity index (χ0) is 29.1. The molecule has 5 aromatic rings. The maximum Gasteiger partial charge on any atom is 0.230 e. The summed E-state index contributed by atoms with van der Waals surface area (Å²) in [4.78, 5) is 23.4. The summed E-state index contributed by atoms with van der Waals surface area (Å²) in [7, 11) is 4.01. The van der Waals surface area contributed by atoms with Crippen molar-refractivity contribution in [2.24, 2.45) is 0 Å². The number of hydrogen-bond donors (Lipinski definition) is 2. The fourth-order valence-electron chi connectivity index (χ4n) is 4.22. The molecule has 0 saturated carbocycles. The third kappa shape index (κ3) is 6.36. The van der Waals surface area contributed by atoms with E-state index in [0.29, 0.717) is 40.5 Å². The van der Waals surface area contributed by atoms with Crippen LogP contribution in [0.1, 0.15) is 32.2 Å². The molecule has 0 spiro atoms. The van der Waals surface area contributed by atoms with E-state index in [1.54, 1.807) is 4.68 Å². The molecule has 212 valence electrons. The molecule has 0 radical (unpaired) electrons. The first-order valence-corrected chi connectivity index (χ1v) is 13.3. The molecule has 1 amide bonds. The Hall–Kier alpha value is -4.77. The van der Waals surface area contributed by atoms with Crippen LogP contribution in [0.3, 0.4) is 0 Å². The molecule has 0 aliphatic carbocycles. The normalized spacial score (nSPS) is 11.8. The number of nitrogens with two attached hydrogens (primary N) is 1. The second-order valence-electron chi connectivity index (χ2n) is 11.1. The summed E-state index contributed by atoms with van der Waals surface area (Å²) in [5.41, 5.74) is 10.2. The number of nitrogens with zero attached hydrogens (tertiary/aromatic N) is 6. The largest absolute Gasteiger partial charge is 0.492 e. The van der Waals surface area contributed by atoms with E-state index in [0.717, 1.165) is 29.3 Å². The molecule has 0 saturated heterocycles. The molecular weight excluding hydrogens is 520 g/mol. The molecule has 0 unspecified atom stereocenters. The topological polar surface area (TPSA) is 137 Å². The maximum atomic E-state index is 12.6. The lowest BCUT2D eigenvalue weighted by molar-refractivity contribution is -0.115. The second kappa shape index (κ2) is 11.4. The first kappa shape index (κ1) is 27.8. The van der Waals surface area contributed by atoms with Gasteiger partial charge in [-0.2, -0.15) is 5.10 Å². The lowest BCUT2D eigenvalue weighted by Gasteiger charge is -2.12. The van der Waals surface area contributed by atoms with Gasteiger partial charge in [-0.05, 0) is 62.6 Å². The van der Waals surface area contributed by atoms with Crippen molar-refractivity contribution >= 4 is 28.4 Å². The van der Waals surface area contributed by atoms with Crippen molar-refractivity contribution < 1.29 is 14.1 Å². The number of likely N-dealkylation sites (N-methyl/N-ethyl adjacent to an activating group) is 1. The molecule has 0 fully saturated rings. The Kier molecular flexibility index (Phi) is 7.71. The number of anilines is 2. The van der Waals surface area contributed by atoms with Gasteiger partial charge in [0.15, 0.2) is 5.65 Å². The predicted molar refractivity (Wildman–Crippen MR) is 158 cm³/mol. The second-order valence-corrected chi connectivity index (χ2v) is 11.1. The number of nitrogen functional groups attached to an aromatic ring is 1. The van der Waals surface area contributed by atoms with Crippen molar-refractivity contribution in [2.75, 3.05) is 38.3 Å². The number of carbonyl (C=O) groups excluding carboxylic acids is 1. The molecule has 0 aliphatic heterocycles. The van der Waals surface area contributed by atoms with Crippen LogP contribution >= 0.6 is 0 Å². The molecule has 0 atom stereocenters. The molecule has 2 aromatic carbocycles. The van der Waals surface area contributed by atoms with E-state index in [1.165, 1.54) is 6.33 Å². The van der Waals surface area contributed by atoms with Crippen LogP contribution in [0.4, 0.5) is 11.5 Å². The van der Waals surface area contributed by atoms with Gasteiger partial charge in [0.25, 0.3) is 0 Å². The Morgan fingerprint density at radius 3 is 2.46 bits per heavy atom. The molecule has 3 aromatic heterocycles. The number of benzene rings is 2. The molecule has 3 heterocycles. The van der Waals surface area contributed by atoms with Crippen LogP contribution in [0.25, 0.3) is 28.0 Å². The summed E-state index contributed by atoms with van der Waals surface area (Å²) in [6, 6.07) is 16.9. The average molecular weight is 555 g/mol. The number of ether oxygens (including phenoxy) is 1. The zero-order valence-electron chi connectivity index (χ0n) is 23.9. The summed E-state index contributed by atoms with van der Waals surface area (Å²) in [5.74, 6) is 1.67. The smallest absolute Gasteiger partial charge is 0.230 e. The summed E-state index contributed by atoms with van der Waals surface area (Å²) < 4.78 is 12.9. The van der Waals surface area contributed by atoms with Gasteiger partial charge in [0.2, 0.25) is 5.91 Å². The van der Waals surface area contributed by atoms with Gasteiger partial charge in [-0.3, -0.25) is 4.79 Å². The Morgan fingerprint density at radius 1 is 1.07 bits per heavy atom. The molecule has 11 heteroatoms. The van der Waals surface area contributed by atoms with Crippen molar-refractivity contribution in [2.45, 2.75) is 32.6 Å². The van der Waals surface area contributed by atoms with Crippen LogP contribution in [0, 0.1) is 0 Å². The van der Waals surface area contributed by atoms with Crippen molar-refractivity contribution in [1.82, 2.24) is 29.8 Å². The fraction of sp³-hybridized carbons (Fsp3) is 0.300. The number of fused-ring (bicyclic) bond motifs is 1. The third-order valence-electron chi connectivity index (χ3n) is 6.46. The monoisotopic (exact) mass is 554 g/mol. The highest BCUT2D eigenvalue weighted by Gasteiger charge is 2.21. The molecule has 0 bridgehead atoms. The van der Waals surface area contributed by atoms with E-state index in [-0.39, 0.29) is 17.7 Å². The Morgan fingerprint density at radius 2 is 1.80 bits per heavy atom. The Bertz CT molecular complexity index is 1650. The molecule has 3 N–H and O–H groups in total. The maximum absolute atomic E-state index is 12.6. The minimum Gasteiger partial charge on any atom is -0.492 e. The van der Waals surface area contributed by atoms with E-state index >= 15 is 0 Å². The van der Waals surface area contributed by atoms with Gasteiger partial charge in [-0.15, -0.1) is 0 Å². The number of carbonyl (C=O) groups is 1. The lowest BCUT2D eigenvalue weighted by atomic mass is 9.93. The van der Waals surface area contributed by atoms with Gasteiger partial charge in [0.05, 0.1) is 23.2 Å². The standard InChI is InChI=1S/C30H34N8O3/c1-30(2,3)24-16-21(36-41-24)17-25(39)34-20-8-10-22(11-9-20)38-29-26(28(31)32-18-33-29)27(35-38)19-6-12-23(13-7-19)40-15-14-37(4)5/h6-13,16,18H,14-15,17H2,1-5H3,(H,34,39)(H2,31,32,33). The minimum absolute atomic E-state index is 0.115. The summed E-state index contributed by atoms with van der Waals surface area (Å²) in [5, 5.41) is 12.5. The minimum atomic E-state index is -0.187. The van der Waals surface area contributed by atoms with E-state index < -0.39 is 0 Å². The lowest BCUT2D eigenvalue weighted by Crippen LogP contribution is -2.19. The van der Waals surface area contributed by atoms with Crippen molar-refractivity contribution in [3.05, 3.63) is 72.4 Å². The number of amides is 1. The number of nitrogens with one attached hydrogen (secondary N) is 1. The van der Waals surface area contributed by atoms with E-state index in [1.807, 2.05) is 89.5 Å².